The summed E-state index contributed by atoms with van der Waals surface area (Å²) in [5.41, 5.74) is 0.594. The van der Waals surface area contributed by atoms with Crippen molar-refractivity contribution in [1.82, 2.24) is 9.78 Å². The van der Waals surface area contributed by atoms with Crippen LogP contribution in [0, 0.1) is 0 Å². The number of aromatic nitrogens is 2. The number of rotatable bonds is 9. The van der Waals surface area contributed by atoms with Crippen molar-refractivity contribution in [2.75, 3.05) is 26.1 Å². The molecule has 1 N–H and O–H groups in total. The van der Waals surface area contributed by atoms with Gasteiger partial charge in [-0.1, -0.05) is 35.9 Å². The lowest BCUT2D eigenvalue weighted by Gasteiger charge is -2.15. The number of methoxy groups -OCH3 is 2. The molecule has 3 rings (SSSR count). The van der Waals surface area contributed by atoms with Crippen LogP contribution < -0.4 is 5.32 Å². The molecule has 32 heavy (non-hydrogen) atoms. The largest absolute Gasteiger partial charge is 0.377 e. The van der Waals surface area contributed by atoms with Gasteiger partial charge in [-0.25, -0.2) is 13.5 Å². The van der Waals surface area contributed by atoms with Crippen LogP contribution in [0.2, 0.25) is 5.02 Å². The van der Waals surface area contributed by atoms with Gasteiger partial charge in [0.15, 0.2) is 11.5 Å². The van der Waals surface area contributed by atoms with Crippen LogP contribution in [0.1, 0.15) is 32.8 Å². The molecule has 0 fully saturated rings. The molecule has 0 atom stereocenters. The summed E-state index contributed by atoms with van der Waals surface area (Å²) < 4.78 is 37.9. The fraction of sp³-hybridized carbons (Fsp3) is 0.227. The molecule has 1 aromatic heterocycles. The Bertz CT molecular complexity index is 1120. The first kappa shape index (κ1) is 23.5. The molecule has 0 bridgehead atoms. The number of hydrogen-bond donors (Lipinski definition) is 1. The summed E-state index contributed by atoms with van der Waals surface area (Å²) in [6.07, 6.45) is -1.85. The van der Waals surface area contributed by atoms with E-state index < -0.39 is 23.6 Å². The molecule has 3 aromatic rings. The standard InChI is InChI=1S/C22H20ClF2N3O4/c1-31-11-18(29)15-4-3-5-17(19(15)13-6-8-14(23)9-7-13)26-22(30)20-16(21(24)25)10-28(27-20)12-32-2/h3-10,21H,11-12H2,1-2H3,(H,26,30). The molecule has 0 spiro atoms. The van der Waals surface area contributed by atoms with Crippen LogP contribution in [0.4, 0.5) is 14.5 Å². The molecule has 1 heterocycles. The van der Waals surface area contributed by atoms with Gasteiger partial charge in [-0.15, -0.1) is 0 Å². The maximum absolute atomic E-state index is 13.5. The van der Waals surface area contributed by atoms with Gasteiger partial charge >= 0.3 is 0 Å². The molecule has 0 radical (unpaired) electrons. The van der Waals surface area contributed by atoms with Crippen molar-refractivity contribution in [3.63, 3.8) is 0 Å². The molecular formula is C22H20ClF2N3O4. The van der Waals surface area contributed by atoms with E-state index in [0.29, 0.717) is 21.7 Å². The monoisotopic (exact) mass is 463 g/mol. The number of carbonyl (C=O) groups is 2. The van der Waals surface area contributed by atoms with Crippen molar-refractivity contribution >= 4 is 29.0 Å². The zero-order valence-corrected chi connectivity index (χ0v) is 18.0. The summed E-state index contributed by atoms with van der Waals surface area (Å²) in [5, 5.41) is 7.02. The molecule has 10 heteroatoms. The number of anilines is 1. The number of amides is 1. The van der Waals surface area contributed by atoms with Crippen LogP contribution in [0.25, 0.3) is 11.1 Å². The molecule has 1 amide bonds. The summed E-state index contributed by atoms with van der Waals surface area (Å²) in [5.74, 6) is -1.16. The third-order valence-corrected chi connectivity index (χ3v) is 4.77. The molecule has 0 saturated heterocycles. The molecular weight excluding hydrogens is 444 g/mol. The van der Waals surface area contributed by atoms with Gasteiger partial charge in [0.25, 0.3) is 12.3 Å². The van der Waals surface area contributed by atoms with Gasteiger partial charge in [0.1, 0.15) is 13.3 Å². The summed E-state index contributed by atoms with van der Waals surface area (Å²) in [6, 6.07) is 11.4. The van der Waals surface area contributed by atoms with E-state index in [1.54, 1.807) is 42.5 Å². The van der Waals surface area contributed by atoms with Crippen LogP contribution in [0.15, 0.2) is 48.7 Å². The summed E-state index contributed by atoms with van der Waals surface area (Å²) in [6.45, 7) is -0.265. The molecule has 0 aliphatic rings. The SMILES string of the molecule is COCC(=O)c1cccc(NC(=O)c2nn(COC)cc2C(F)F)c1-c1ccc(Cl)cc1. The number of ketones is 1. The van der Waals surface area contributed by atoms with E-state index in [4.69, 9.17) is 21.1 Å². The van der Waals surface area contributed by atoms with Gasteiger partial charge in [0.05, 0.1) is 5.56 Å². The number of carbonyl (C=O) groups excluding carboxylic acids is 2. The predicted octanol–water partition coefficient (Wildman–Crippen LogP) is 4.83. The van der Waals surface area contributed by atoms with E-state index in [9.17, 15) is 18.4 Å². The van der Waals surface area contributed by atoms with Crippen molar-refractivity contribution < 1.29 is 27.8 Å². The summed E-state index contributed by atoms with van der Waals surface area (Å²) in [7, 11) is 2.78. The molecule has 7 nitrogen and oxygen atoms in total. The van der Waals surface area contributed by atoms with Crippen LogP contribution in [-0.2, 0) is 16.2 Å². The lowest BCUT2D eigenvalue weighted by Crippen LogP contribution is -2.17. The van der Waals surface area contributed by atoms with Gasteiger partial charge in [-0.2, -0.15) is 5.10 Å². The van der Waals surface area contributed by atoms with Crippen LogP contribution in [0.3, 0.4) is 0 Å². The van der Waals surface area contributed by atoms with Crippen molar-refractivity contribution in [3.8, 4) is 11.1 Å². The molecule has 0 aliphatic heterocycles. The number of nitrogens with one attached hydrogen (secondary N) is 1. The Morgan fingerprint density at radius 2 is 1.84 bits per heavy atom. The molecule has 0 unspecified atom stereocenters. The highest BCUT2D eigenvalue weighted by molar-refractivity contribution is 6.30. The second kappa shape index (κ2) is 10.4. The van der Waals surface area contributed by atoms with Gasteiger partial charge in [0.2, 0.25) is 0 Å². The fourth-order valence-corrected chi connectivity index (χ4v) is 3.30. The Hall–Kier alpha value is -3.14. The summed E-state index contributed by atoms with van der Waals surface area (Å²) >= 11 is 5.98. The summed E-state index contributed by atoms with van der Waals surface area (Å²) in [4.78, 5) is 25.5. The van der Waals surface area contributed by atoms with Crippen molar-refractivity contribution in [2.45, 2.75) is 13.2 Å². The number of alkyl halides is 2. The van der Waals surface area contributed by atoms with Gasteiger partial charge < -0.3 is 14.8 Å². The Balaban J connectivity index is 2.06. The third-order valence-electron chi connectivity index (χ3n) is 4.52. The van der Waals surface area contributed by atoms with E-state index in [2.05, 4.69) is 10.4 Å². The number of benzene rings is 2. The van der Waals surface area contributed by atoms with E-state index in [1.165, 1.54) is 14.2 Å². The molecule has 0 aliphatic carbocycles. The topological polar surface area (TPSA) is 82.5 Å². The van der Waals surface area contributed by atoms with Crippen molar-refractivity contribution in [2.24, 2.45) is 0 Å². The Morgan fingerprint density at radius 1 is 1.12 bits per heavy atom. The maximum Gasteiger partial charge on any atom is 0.276 e. The Morgan fingerprint density at radius 3 is 2.47 bits per heavy atom. The average Bonchev–Trinajstić information content (AvgIpc) is 3.19. The highest BCUT2D eigenvalue weighted by atomic mass is 35.5. The van der Waals surface area contributed by atoms with Crippen LogP contribution in [-0.4, -0.2) is 42.3 Å². The maximum atomic E-state index is 13.5. The highest BCUT2D eigenvalue weighted by Gasteiger charge is 2.25. The Labute approximate surface area is 187 Å². The number of halogens is 3. The van der Waals surface area contributed by atoms with E-state index in [0.717, 1.165) is 10.9 Å². The smallest absolute Gasteiger partial charge is 0.276 e. The first-order valence-electron chi connectivity index (χ1n) is 9.42. The van der Waals surface area contributed by atoms with E-state index >= 15 is 0 Å². The highest BCUT2D eigenvalue weighted by Crippen LogP contribution is 2.34. The van der Waals surface area contributed by atoms with Crippen molar-refractivity contribution in [1.29, 1.82) is 0 Å². The minimum absolute atomic E-state index is 0.0932. The Kier molecular flexibility index (Phi) is 7.68. The van der Waals surface area contributed by atoms with Crippen molar-refractivity contribution in [3.05, 3.63) is 70.5 Å². The number of Topliss-reactive ketones (excluding diaryl/α,β-unsaturated/α-hetero) is 1. The quantitative estimate of drug-likeness (QED) is 0.460. The fourth-order valence-electron chi connectivity index (χ4n) is 3.18. The minimum Gasteiger partial charge on any atom is -0.377 e. The average molecular weight is 464 g/mol. The number of hydrogen-bond acceptors (Lipinski definition) is 5. The molecule has 2 aromatic carbocycles. The predicted molar refractivity (Wildman–Crippen MR) is 115 cm³/mol. The van der Waals surface area contributed by atoms with Gasteiger partial charge in [-0.05, 0) is 23.8 Å². The lowest BCUT2D eigenvalue weighted by atomic mass is 9.95. The van der Waals surface area contributed by atoms with Crippen LogP contribution >= 0.6 is 11.6 Å². The van der Waals surface area contributed by atoms with E-state index in [-0.39, 0.29) is 24.8 Å². The first-order chi connectivity index (χ1) is 15.3. The normalized spacial score (nSPS) is 11.1. The zero-order valence-electron chi connectivity index (χ0n) is 17.3. The molecule has 168 valence electrons. The van der Waals surface area contributed by atoms with Crippen LogP contribution in [0.5, 0.6) is 0 Å². The number of nitrogens with zero attached hydrogens (tertiary/aromatic N) is 2. The second-order valence-electron chi connectivity index (χ2n) is 6.74. The number of ether oxygens (including phenoxy) is 2. The lowest BCUT2D eigenvalue weighted by molar-refractivity contribution is 0.0848. The minimum atomic E-state index is -2.91. The van der Waals surface area contributed by atoms with E-state index in [1.807, 2.05) is 0 Å². The third kappa shape index (κ3) is 5.18. The second-order valence-corrected chi connectivity index (χ2v) is 7.17. The van der Waals surface area contributed by atoms with Gasteiger partial charge in [0, 0.05) is 42.3 Å². The van der Waals surface area contributed by atoms with Gasteiger partial charge in [-0.3, -0.25) is 9.59 Å². The molecule has 0 saturated carbocycles. The zero-order chi connectivity index (χ0) is 23.3. The first-order valence-corrected chi connectivity index (χ1v) is 9.80.